The van der Waals surface area contributed by atoms with Gasteiger partial charge in [0.15, 0.2) is 5.82 Å². The van der Waals surface area contributed by atoms with Gasteiger partial charge in [0.25, 0.3) is 0 Å². The summed E-state index contributed by atoms with van der Waals surface area (Å²) in [5.41, 5.74) is 1.08. The minimum absolute atomic E-state index is 0.157. The largest absolute Gasteiger partial charge is 0.442 e. The minimum Gasteiger partial charge on any atom is -0.442 e. The van der Waals surface area contributed by atoms with Crippen LogP contribution in [0.1, 0.15) is 57.7 Å². The van der Waals surface area contributed by atoms with Gasteiger partial charge >= 0.3 is 6.09 Å². The number of aromatic nitrogens is 6. The van der Waals surface area contributed by atoms with Crippen molar-refractivity contribution in [1.82, 2.24) is 29.7 Å². The summed E-state index contributed by atoms with van der Waals surface area (Å²) in [5.74, 6) is 6.04. The van der Waals surface area contributed by atoms with E-state index in [2.05, 4.69) is 42.2 Å². The second-order valence-corrected chi connectivity index (χ2v) is 10.3. The Balaban J connectivity index is 1.34. The van der Waals surface area contributed by atoms with Gasteiger partial charge in [-0.15, -0.1) is 5.10 Å². The summed E-state index contributed by atoms with van der Waals surface area (Å²) in [6, 6.07) is 8.38. The zero-order valence-corrected chi connectivity index (χ0v) is 21.8. The van der Waals surface area contributed by atoms with E-state index in [0.717, 1.165) is 30.4 Å². The molecule has 0 amide bonds. The molecule has 11 heteroatoms. The van der Waals surface area contributed by atoms with E-state index in [4.69, 9.17) is 4.74 Å². The molecular formula is C28H28FN7O3. The van der Waals surface area contributed by atoms with Crippen LogP contribution in [0.25, 0.3) is 22.4 Å². The quantitative estimate of drug-likeness (QED) is 0.373. The predicted molar refractivity (Wildman–Crippen MR) is 142 cm³/mol. The number of carbonyl (C=O) groups is 1. The highest BCUT2D eigenvalue weighted by atomic mass is 19.1. The van der Waals surface area contributed by atoms with Crippen molar-refractivity contribution < 1.29 is 19.0 Å². The summed E-state index contributed by atoms with van der Waals surface area (Å²) in [6.45, 7) is 5.18. The first-order chi connectivity index (χ1) is 18.6. The Morgan fingerprint density at radius 2 is 1.85 bits per heavy atom. The van der Waals surface area contributed by atoms with Gasteiger partial charge in [0.05, 0.1) is 17.0 Å². The molecule has 5 rings (SSSR count). The number of ether oxygens (including phenoxy) is 1. The minimum atomic E-state index is -0.790. The van der Waals surface area contributed by atoms with Crippen molar-refractivity contribution in [1.29, 1.82) is 0 Å². The van der Waals surface area contributed by atoms with Crippen molar-refractivity contribution in [3.05, 3.63) is 59.9 Å². The number of hydrogen-bond acceptors (Lipinski definition) is 9. The third-order valence-electron chi connectivity index (χ3n) is 6.11. The molecule has 3 heterocycles. The Morgan fingerprint density at radius 1 is 1.08 bits per heavy atom. The number of anilines is 1. The van der Waals surface area contributed by atoms with E-state index < -0.39 is 17.6 Å². The summed E-state index contributed by atoms with van der Waals surface area (Å²) in [7, 11) is 0. The van der Waals surface area contributed by atoms with Gasteiger partial charge in [-0.3, -0.25) is 0 Å². The first-order valence-electron chi connectivity index (χ1n) is 12.7. The fourth-order valence-corrected chi connectivity index (χ4v) is 4.25. The maximum atomic E-state index is 14.5. The van der Waals surface area contributed by atoms with Crippen molar-refractivity contribution in [2.75, 3.05) is 5.32 Å². The predicted octanol–water partition coefficient (Wildman–Crippen LogP) is 4.32. The van der Waals surface area contributed by atoms with Crippen LogP contribution in [-0.4, -0.2) is 58.7 Å². The summed E-state index contributed by atoms with van der Waals surface area (Å²) in [4.78, 5) is 30.1. The van der Waals surface area contributed by atoms with E-state index in [9.17, 15) is 14.3 Å². The van der Waals surface area contributed by atoms with Crippen molar-refractivity contribution in [3.8, 4) is 23.4 Å². The maximum Gasteiger partial charge on any atom is 0.435 e. The normalized spacial score (nSPS) is 17.4. The molecule has 200 valence electrons. The number of aliphatic hydroxyl groups excluding tert-OH is 1. The zero-order valence-electron chi connectivity index (χ0n) is 21.8. The van der Waals surface area contributed by atoms with Crippen LogP contribution < -0.4 is 5.32 Å². The number of hydrogen-bond donors (Lipinski definition) is 2. The zero-order chi connectivity index (χ0) is 27.6. The monoisotopic (exact) mass is 529 g/mol. The number of nitrogens with zero attached hydrogens (tertiary/aromatic N) is 6. The third-order valence-corrected chi connectivity index (χ3v) is 6.11. The van der Waals surface area contributed by atoms with E-state index in [1.807, 2.05) is 0 Å². The molecule has 0 spiro atoms. The summed E-state index contributed by atoms with van der Waals surface area (Å²) >= 11 is 0. The molecule has 3 aromatic heterocycles. The number of aliphatic hydroxyl groups is 1. The Kier molecular flexibility index (Phi) is 7.21. The molecule has 1 aliphatic carbocycles. The third kappa shape index (κ3) is 6.35. The highest BCUT2D eigenvalue weighted by molar-refractivity contribution is 5.89. The lowest BCUT2D eigenvalue weighted by molar-refractivity contribution is 0.0519. The number of fused-ring (bicyclic) bond motifs is 1. The van der Waals surface area contributed by atoms with Crippen LogP contribution in [0.5, 0.6) is 0 Å². The van der Waals surface area contributed by atoms with Gasteiger partial charge < -0.3 is 15.2 Å². The van der Waals surface area contributed by atoms with E-state index in [1.165, 1.54) is 6.07 Å². The Labute approximate surface area is 224 Å². The topological polar surface area (TPSA) is 128 Å². The van der Waals surface area contributed by atoms with Gasteiger partial charge in [0, 0.05) is 24.0 Å². The summed E-state index contributed by atoms with van der Waals surface area (Å²) in [6.07, 6.45) is 5.47. The Hall–Kier alpha value is -4.43. The Bertz CT molecular complexity index is 1580. The van der Waals surface area contributed by atoms with Gasteiger partial charge in [-0.2, -0.15) is 9.07 Å². The van der Waals surface area contributed by atoms with E-state index in [1.54, 1.807) is 57.4 Å². The van der Waals surface area contributed by atoms with Crippen molar-refractivity contribution in [2.24, 2.45) is 0 Å². The lowest BCUT2D eigenvalue weighted by Crippen LogP contribution is -2.28. The van der Waals surface area contributed by atoms with Crippen LogP contribution in [0.15, 0.2) is 42.7 Å². The van der Waals surface area contributed by atoms with Gasteiger partial charge in [-0.05, 0) is 82.7 Å². The molecule has 1 aromatic carbocycles. The van der Waals surface area contributed by atoms with Crippen molar-refractivity contribution >= 4 is 22.9 Å². The smallest absolute Gasteiger partial charge is 0.435 e. The first-order valence-corrected chi connectivity index (χ1v) is 12.7. The average molecular weight is 530 g/mol. The fraction of sp³-hybridized carbons (Fsp3) is 0.357. The Morgan fingerprint density at radius 3 is 2.62 bits per heavy atom. The second kappa shape index (κ2) is 10.7. The van der Waals surface area contributed by atoms with Crippen LogP contribution in [0.3, 0.4) is 0 Å². The van der Waals surface area contributed by atoms with Crippen LogP contribution in [0.2, 0.25) is 0 Å². The highest BCUT2D eigenvalue weighted by Crippen LogP contribution is 2.23. The molecule has 0 unspecified atom stereocenters. The molecule has 1 saturated carbocycles. The van der Waals surface area contributed by atoms with E-state index in [-0.39, 0.29) is 23.0 Å². The number of halogens is 1. The molecule has 1 fully saturated rings. The number of rotatable bonds is 3. The van der Waals surface area contributed by atoms with Crippen molar-refractivity contribution in [3.63, 3.8) is 0 Å². The molecule has 0 aliphatic heterocycles. The van der Waals surface area contributed by atoms with Gasteiger partial charge in [-0.1, -0.05) is 5.92 Å². The molecule has 39 heavy (non-hydrogen) atoms. The van der Waals surface area contributed by atoms with Crippen LogP contribution in [-0.2, 0) is 4.74 Å². The van der Waals surface area contributed by atoms with Gasteiger partial charge in [-0.25, -0.2) is 24.7 Å². The molecule has 0 radical (unpaired) electrons. The molecule has 0 bridgehead atoms. The molecule has 1 aliphatic rings. The SMILES string of the molecule is CC(C)(C)OC(=O)n1nc(F)c2cc(C#Cc3ccnc(-c4ccnc(NC5CCC(O)CC5)n4)n3)ccc21. The molecule has 0 atom stereocenters. The van der Waals surface area contributed by atoms with E-state index >= 15 is 0 Å². The highest BCUT2D eigenvalue weighted by Gasteiger charge is 2.22. The number of benzene rings is 1. The first kappa shape index (κ1) is 26.2. The average Bonchev–Trinajstić information content (AvgIpc) is 3.24. The molecule has 2 N–H and O–H groups in total. The molecule has 4 aromatic rings. The number of carbonyl (C=O) groups excluding carboxylic acids is 1. The second-order valence-electron chi connectivity index (χ2n) is 10.3. The standard InChI is InChI=1S/C28H28FN7O3/c1-28(2,3)39-27(38)36-23-11-5-17(16-21(23)24(29)35-36)4-6-19-12-14-30-25(32-19)22-13-15-31-26(34-22)33-18-7-9-20(37)10-8-18/h5,11-16,18,20,37H,7-10H2,1-3H3,(H,31,33,34). The lowest BCUT2D eigenvalue weighted by atomic mass is 9.93. The number of nitrogens with one attached hydrogen (secondary N) is 1. The fourth-order valence-electron chi connectivity index (χ4n) is 4.25. The molecule has 0 saturated heterocycles. The summed E-state index contributed by atoms with van der Waals surface area (Å²) < 4.78 is 20.8. The van der Waals surface area contributed by atoms with E-state index in [0.29, 0.717) is 28.7 Å². The van der Waals surface area contributed by atoms with Crippen molar-refractivity contribution in [2.45, 2.75) is 64.2 Å². The van der Waals surface area contributed by atoms with Gasteiger partial charge in [0.2, 0.25) is 11.9 Å². The molecule has 10 nitrogen and oxygen atoms in total. The van der Waals surface area contributed by atoms with Gasteiger partial charge in [0.1, 0.15) is 17.0 Å². The molecular weight excluding hydrogens is 501 g/mol. The summed E-state index contributed by atoms with van der Waals surface area (Å²) in [5, 5.41) is 16.9. The van der Waals surface area contributed by atoms with Crippen LogP contribution >= 0.6 is 0 Å². The maximum absolute atomic E-state index is 14.5. The lowest BCUT2D eigenvalue weighted by Gasteiger charge is -2.26. The van der Waals surface area contributed by atoms with Crippen LogP contribution in [0, 0.1) is 17.8 Å². The van der Waals surface area contributed by atoms with Crippen LogP contribution in [0.4, 0.5) is 15.1 Å².